The van der Waals surface area contributed by atoms with E-state index in [0.717, 1.165) is 44.2 Å². The van der Waals surface area contributed by atoms with Crippen molar-refractivity contribution in [2.75, 3.05) is 59.9 Å². The Balaban J connectivity index is -0.000000210. The highest BCUT2D eigenvalue weighted by Crippen LogP contribution is 2.18. The lowest BCUT2D eigenvalue weighted by atomic mass is 10.3. The van der Waals surface area contributed by atoms with Crippen LogP contribution < -0.4 is 0 Å². The van der Waals surface area contributed by atoms with Crippen molar-refractivity contribution in [3.63, 3.8) is 0 Å². The van der Waals surface area contributed by atoms with Gasteiger partial charge >= 0.3 is 17.4 Å². The van der Waals surface area contributed by atoms with Gasteiger partial charge in [-0.25, -0.2) is 0 Å². The first kappa shape index (κ1) is 40.8. The Bertz CT molecular complexity index is 354. The van der Waals surface area contributed by atoms with Gasteiger partial charge in [-0.2, -0.15) is 24.4 Å². The van der Waals surface area contributed by atoms with E-state index >= 15 is 0 Å². The quantitative estimate of drug-likeness (QED) is 0.0885. The molecule has 0 aliphatic carbocycles. The van der Waals surface area contributed by atoms with Crippen molar-refractivity contribution >= 4 is 41.8 Å². The van der Waals surface area contributed by atoms with Crippen molar-refractivity contribution in [1.82, 2.24) is 0 Å². The normalized spacial score (nSPS) is 10.8. The van der Waals surface area contributed by atoms with E-state index in [9.17, 15) is 0 Å². The Morgan fingerprint density at radius 2 is 1.30 bits per heavy atom. The van der Waals surface area contributed by atoms with E-state index in [2.05, 4.69) is 39.6 Å². The molecule has 0 saturated carbocycles. The zero-order valence-corrected chi connectivity index (χ0v) is 26.8. The van der Waals surface area contributed by atoms with Gasteiger partial charge in [0.25, 0.3) is 0 Å². The van der Waals surface area contributed by atoms with E-state index < -0.39 is 17.4 Å². The summed E-state index contributed by atoms with van der Waals surface area (Å²) in [5.41, 5.74) is 0. The Hall–Kier alpha value is 0.634. The first-order chi connectivity index (χ1) is 15.8. The molecule has 10 heteroatoms. The number of allylic oxidation sites excluding steroid dienone is 1. The van der Waals surface area contributed by atoms with Crippen LogP contribution in [0.25, 0.3) is 0 Å². The van der Waals surface area contributed by atoms with Crippen molar-refractivity contribution in [3.05, 3.63) is 12.7 Å². The second-order valence-electron chi connectivity index (χ2n) is 7.16. The summed E-state index contributed by atoms with van der Waals surface area (Å²) >= 11 is 6.14. The average molecular weight is 549 g/mol. The standard InChI is InChI=1S/C11H26O3SSi.C6H16O2SSi.C5H10.CH4O/c1-5-6-7-9-15-10-8-11-16(12-2,13-3)14-4;1-7-10(3,8-2)6-4-5-9;1-3-5-4-2;1-2/h5-11H2,1-4H3;9H,4-6H2,1-3H3;3H,1,4-5H2,2H3;2H,1H3. The highest BCUT2D eigenvalue weighted by molar-refractivity contribution is 7.99. The van der Waals surface area contributed by atoms with E-state index in [1.54, 1.807) is 35.5 Å². The molecule has 0 spiro atoms. The smallest absolute Gasteiger partial charge is 0.400 e. The molecule has 0 saturated heterocycles. The molecule has 0 rings (SSSR count). The maximum Gasteiger partial charge on any atom is 0.500 e. The van der Waals surface area contributed by atoms with E-state index in [0.29, 0.717) is 0 Å². The zero-order valence-electron chi connectivity index (χ0n) is 23.1. The van der Waals surface area contributed by atoms with Gasteiger partial charge in [-0.1, -0.05) is 39.2 Å². The van der Waals surface area contributed by atoms with Crippen LogP contribution in [0.4, 0.5) is 0 Å². The summed E-state index contributed by atoms with van der Waals surface area (Å²) in [4.78, 5) is 0. The summed E-state index contributed by atoms with van der Waals surface area (Å²) in [5, 5.41) is 7.00. The summed E-state index contributed by atoms with van der Waals surface area (Å²) < 4.78 is 26.6. The number of aliphatic hydroxyl groups excluding tert-OH is 1. The van der Waals surface area contributed by atoms with Crippen LogP contribution in [-0.2, 0) is 22.1 Å². The summed E-state index contributed by atoms with van der Waals surface area (Å²) in [6, 6.07) is 1.95. The molecule has 0 amide bonds. The molecule has 0 atom stereocenters. The van der Waals surface area contributed by atoms with E-state index in [1.807, 2.05) is 17.8 Å². The van der Waals surface area contributed by atoms with Gasteiger partial charge < -0.3 is 27.2 Å². The van der Waals surface area contributed by atoms with Gasteiger partial charge in [0.1, 0.15) is 0 Å². The molecular weight excluding hydrogens is 493 g/mol. The van der Waals surface area contributed by atoms with Crippen LogP contribution in [0.3, 0.4) is 0 Å². The molecule has 0 radical (unpaired) electrons. The van der Waals surface area contributed by atoms with Crippen molar-refractivity contribution in [3.8, 4) is 0 Å². The van der Waals surface area contributed by atoms with Crippen LogP contribution in [0.1, 0.15) is 58.8 Å². The van der Waals surface area contributed by atoms with E-state index in [-0.39, 0.29) is 0 Å². The molecular formula is C23H56O6S2Si2. The van der Waals surface area contributed by atoms with Crippen LogP contribution in [-0.4, -0.2) is 82.4 Å². The molecule has 0 aromatic heterocycles. The molecule has 0 fully saturated rings. The fourth-order valence-electron chi connectivity index (χ4n) is 2.39. The van der Waals surface area contributed by atoms with Gasteiger partial charge in [-0.05, 0) is 55.5 Å². The topological polar surface area (TPSA) is 66.4 Å². The largest absolute Gasteiger partial charge is 0.500 e. The van der Waals surface area contributed by atoms with E-state index in [1.165, 1.54) is 37.2 Å². The minimum Gasteiger partial charge on any atom is -0.400 e. The number of thiol groups is 1. The van der Waals surface area contributed by atoms with Gasteiger partial charge in [-0.15, -0.1) is 6.58 Å². The fraction of sp³-hybridized carbons (Fsp3) is 0.913. The molecule has 0 unspecified atom stereocenters. The SMILES string of the molecule is C=CCCC.CCCCCSCCC[Si](OC)(OC)OC.CO.CO[Si](C)(CCCS)OC. The molecule has 0 heterocycles. The third-order valence-electron chi connectivity index (χ3n) is 4.74. The van der Waals surface area contributed by atoms with Gasteiger partial charge in [0.2, 0.25) is 0 Å². The van der Waals surface area contributed by atoms with Gasteiger partial charge in [0.15, 0.2) is 0 Å². The maximum absolute atomic E-state index is 7.00. The number of hydrogen-bond acceptors (Lipinski definition) is 8. The Morgan fingerprint density at radius 3 is 1.64 bits per heavy atom. The van der Waals surface area contributed by atoms with Crippen LogP contribution in [0.2, 0.25) is 18.6 Å². The first-order valence-corrected chi connectivity index (χ1v) is 18.1. The summed E-state index contributed by atoms with van der Waals surface area (Å²) in [7, 11) is 5.38. The lowest BCUT2D eigenvalue weighted by molar-refractivity contribution is 0.123. The molecule has 33 heavy (non-hydrogen) atoms. The molecule has 0 bridgehead atoms. The van der Waals surface area contributed by atoms with Gasteiger partial charge in [0.05, 0.1) is 0 Å². The molecule has 0 aliphatic heterocycles. The average Bonchev–Trinajstić information content (AvgIpc) is 2.87. The van der Waals surface area contributed by atoms with Crippen LogP contribution in [0, 0.1) is 0 Å². The predicted molar refractivity (Wildman–Crippen MR) is 155 cm³/mol. The maximum atomic E-state index is 7.00. The van der Waals surface area contributed by atoms with Crippen molar-refractivity contribution in [2.24, 2.45) is 0 Å². The number of rotatable bonds is 18. The lowest BCUT2D eigenvalue weighted by Gasteiger charge is -2.24. The zero-order chi connectivity index (χ0) is 26.4. The molecule has 1 N–H and O–H groups in total. The van der Waals surface area contributed by atoms with Crippen LogP contribution in [0.15, 0.2) is 12.7 Å². The van der Waals surface area contributed by atoms with Crippen molar-refractivity contribution < 1.29 is 27.2 Å². The molecule has 6 nitrogen and oxygen atoms in total. The number of thioether (sulfide) groups is 1. The summed E-state index contributed by atoms with van der Waals surface area (Å²) in [6.45, 7) is 9.99. The first-order valence-electron chi connectivity index (χ1n) is 11.8. The summed E-state index contributed by atoms with van der Waals surface area (Å²) in [6.07, 6.45) is 10.5. The highest BCUT2D eigenvalue weighted by atomic mass is 32.2. The lowest BCUT2D eigenvalue weighted by Crippen LogP contribution is -2.42. The van der Waals surface area contributed by atoms with Gasteiger partial charge in [-0.3, -0.25) is 0 Å². The minimum atomic E-state index is -2.31. The number of unbranched alkanes of at least 4 members (excludes halogenated alkanes) is 3. The Morgan fingerprint density at radius 1 is 0.788 bits per heavy atom. The fourth-order valence-corrected chi connectivity index (χ4v) is 7.18. The van der Waals surface area contributed by atoms with Gasteiger partial charge in [0, 0.05) is 48.7 Å². The molecule has 0 aromatic rings. The second-order valence-corrected chi connectivity index (χ2v) is 15.5. The third kappa shape index (κ3) is 28.8. The third-order valence-corrected chi connectivity index (χ3v) is 12.0. The van der Waals surface area contributed by atoms with Crippen molar-refractivity contribution in [1.29, 1.82) is 0 Å². The number of aliphatic hydroxyl groups is 1. The molecule has 0 aliphatic rings. The predicted octanol–water partition coefficient (Wildman–Crippen LogP) is 6.43. The minimum absolute atomic E-state index is 0.912. The van der Waals surface area contributed by atoms with Crippen molar-refractivity contribution in [2.45, 2.75) is 77.4 Å². The summed E-state index contributed by atoms with van der Waals surface area (Å²) in [5.74, 6) is 3.36. The Kier molecular flexibility index (Phi) is 40.3. The highest BCUT2D eigenvalue weighted by Gasteiger charge is 2.36. The monoisotopic (exact) mass is 548 g/mol. The van der Waals surface area contributed by atoms with Crippen LogP contribution >= 0.6 is 24.4 Å². The number of hydrogen-bond donors (Lipinski definition) is 2. The molecule has 204 valence electrons. The van der Waals surface area contributed by atoms with E-state index in [4.69, 9.17) is 27.2 Å². The Labute approximate surface area is 218 Å². The second kappa shape index (κ2) is 32.6. The molecule has 0 aromatic carbocycles. The van der Waals surface area contributed by atoms with Crippen LogP contribution in [0.5, 0.6) is 0 Å².